The SMILES string of the molecule is C\C=C(/C=C\C(C)=C\CCC)S(C)(=O)=O. The maximum atomic E-state index is 11.3. The van der Waals surface area contributed by atoms with Crippen LogP contribution < -0.4 is 0 Å². The molecule has 0 N–H and O–H groups in total. The third-order valence-corrected chi connectivity index (χ3v) is 3.21. The summed E-state index contributed by atoms with van der Waals surface area (Å²) in [5, 5.41) is 0. The summed E-state index contributed by atoms with van der Waals surface area (Å²) in [6.45, 7) is 5.81. The van der Waals surface area contributed by atoms with Gasteiger partial charge in [-0.1, -0.05) is 37.1 Å². The van der Waals surface area contributed by atoms with Gasteiger partial charge in [0.1, 0.15) is 0 Å². The van der Waals surface area contributed by atoms with E-state index in [2.05, 4.69) is 13.0 Å². The van der Waals surface area contributed by atoms with Crippen LogP contribution in [0.2, 0.25) is 0 Å². The molecule has 2 nitrogen and oxygen atoms in total. The molecule has 0 aliphatic carbocycles. The van der Waals surface area contributed by atoms with Gasteiger partial charge in [-0.2, -0.15) is 0 Å². The Balaban J connectivity index is 4.66. The van der Waals surface area contributed by atoms with E-state index in [1.165, 1.54) is 6.26 Å². The molecule has 86 valence electrons. The normalized spacial score (nSPS) is 14.9. The fraction of sp³-hybridized carbons (Fsp3) is 0.500. The highest BCUT2D eigenvalue weighted by atomic mass is 32.2. The lowest BCUT2D eigenvalue weighted by Crippen LogP contribution is -1.97. The third-order valence-electron chi connectivity index (χ3n) is 1.98. The van der Waals surface area contributed by atoms with Gasteiger partial charge < -0.3 is 0 Å². The summed E-state index contributed by atoms with van der Waals surface area (Å²) < 4.78 is 22.5. The van der Waals surface area contributed by atoms with Crippen LogP contribution >= 0.6 is 0 Å². The van der Waals surface area contributed by atoms with Crippen molar-refractivity contribution in [3.05, 3.63) is 34.8 Å². The van der Waals surface area contributed by atoms with Gasteiger partial charge in [0, 0.05) is 6.26 Å². The lowest BCUT2D eigenvalue weighted by Gasteiger charge is -1.97. The second-order valence-electron chi connectivity index (χ2n) is 3.53. The third kappa shape index (κ3) is 6.28. The van der Waals surface area contributed by atoms with Crippen LogP contribution in [0.15, 0.2) is 34.8 Å². The summed E-state index contributed by atoms with van der Waals surface area (Å²) in [4.78, 5) is 0.367. The Hall–Kier alpha value is -0.830. The van der Waals surface area contributed by atoms with Gasteiger partial charge in [0.2, 0.25) is 0 Å². The van der Waals surface area contributed by atoms with E-state index in [9.17, 15) is 8.42 Å². The summed E-state index contributed by atoms with van der Waals surface area (Å²) in [5.41, 5.74) is 1.10. The summed E-state index contributed by atoms with van der Waals surface area (Å²) in [6, 6.07) is 0. The van der Waals surface area contributed by atoms with E-state index in [4.69, 9.17) is 0 Å². The van der Waals surface area contributed by atoms with Gasteiger partial charge in [-0.25, -0.2) is 8.42 Å². The summed E-state index contributed by atoms with van der Waals surface area (Å²) in [5.74, 6) is 0. The molecule has 0 heterocycles. The summed E-state index contributed by atoms with van der Waals surface area (Å²) in [6.07, 6.45) is 10.6. The van der Waals surface area contributed by atoms with Gasteiger partial charge in [0.05, 0.1) is 4.91 Å². The van der Waals surface area contributed by atoms with Crippen LogP contribution in [-0.4, -0.2) is 14.7 Å². The highest BCUT2D eigenvalue weighted by molar-refractivity contribution is 7.94. The van der Waals surface area contributed by atoms with Crippen LogP contribution in [0.25, 0.3) is 0 Å². The molecule has 0 aromatic rings. The average Bonchev–Trinajstić information content (AvgIpc) is 2.13. The summed E-state index contributed by atoms with van der Waals surface area (Å²) >= 11 is 0. The predicted molar refractivity (Wildman–Crippen MR) is 66.4 cm³/mol. The Morgan fingerprint density at radius 1 is 1.27 bits per heavy atom. The molecule has 0 atom stereocenters. The molecule has 0 aliphatic rings. The molecule has 0 amide bonds. The fourth-order valence-corrected chi connectivity index (χ4v) is 1.83. The second kappa shape index (κ2) is 6.62. The molecule has 3 heteroatoms. The highest BCUT2D eigenvalue weighted by Crippen LogP contribution is 2.08. The number of allylic oxidation sites excluding steroid dienone is 5. The van der Waals surface area contributed by atoms with Crippen LogP contribution in [0.5, 0.6) is 0 Å². The van der Waals surface area contributed by atoms with Crippen LogP contribution in [0.3, 0.4) is 0 Å². The first-order valence-corrected chi connectivity index (χ1v) is 7.02. The number of hydrogen-bond acceptors (Lipinski definition) is 2. The lowest BCUT2D eigenvalue weighted by atomic mass is 10.2. The standard InChI is InChI=1S/C12H20O2S/c1-5-7-8-11(3)9-10-12(6-2)15(4,13)14/h6,8-10H,5,7H2,1-4H3/b10-9-,11-8+,12-6+. The molecule has 0 aromatic heterocycles. The predicted octanol–water partition coefficient (Wildman–Crippen LogP) is 3.24. The van der Waals surface area contributed by atoms with Crippen LogP contribution in [0, 0.1) is 0 Å². The van der Waals surface area contributed by atoms with Gasteiger partial charge in [0.15, 0.2) is 9.84 Å². The first-order chi connectivity index (χ1) is 6.91. The second-order valence-corrected chi connectivity index (χ2v) is 5.55. The largest absolute Gasteiger partial charge is 0.224 e. The van der Waals surface area contributed by atoms with E-state index < -0.39 is 9.84 Å². The van der Waals surface area contributed by atoms with Crippen molar-refractivity contribution in [1.29, 1.82) is 0 Å². The van der Waals surface area contributed by atoms with Crippen molar-refractivity contribution < 1.29 is 8.42 Å². The smallest absolute Gasteiger partial charge is 0.175 e. The maximum Gasteiger partial charge on any atom is 0.175 e. The van der Waals surface area contributed by atoms with E-state index >= 15 is 0 Å². The Labute approximate surface area is 93.3 Å². The van der Waals surface area contributed by atoms with Crippen molar-refractivity contribution in [2.24, 2.45) is 0 Å². The average molecular weight is 228 g/mol. The molecule has 0 aromatic carbocycles. The molecule has 0 radical (unpaired) electrons. The fourth-order valence-electron chi connectivity index (χ4n) is 1.09. The minimum Gasteiger partial charge on any atom is -0.224 e. The van der Waals surface area contributed by atoms with E-state index in [0.717, 1.165) is 18.4 Å². The van der Waals surface area contributed by atoms with Gasteiger partial charge in [0.25, 0.3) is 0 Å². The Bertz CT molecular complexity index is 370. The molecular weight excluding hydrogens is 208 g/mol. The number of sulfone groups is 1. The Morgan fingerprint density at radius 2 is 1.87 bits per heavy atom. The van der Waals surface area contributed by atoms with Crippen LogP contribution in [0.1, 0.15) is 33.6 Å². The van der Waals surface area contributed by atoms with Gasteiger partial charge in [-0.15, -0.1) is 0 Å². The van der Waals surface area contributed by atoms with Gasteiger partial charge in [-0.05, 0) is 26.3 Å². The lowest BCUT2D eigenvalue weighted by molar-refractivity contribution is 0.608. The summed E-state index contributed by atoms with van der Waals surface area (Å²) in [7, 11) is -3.08. The van der Waals surface area contributed by atoms with E-state index in [-0.39, 0.29) is 0 Å². The van der Waals surface area contributed by atoms with Gasteiger partial charge in [-0.3, -0.25) is 0 Å². The minimum absolute atomic E-state index is 0.367. The number of unbranched alkanes of at least 4 members (excludes halogenated alkanes) is 1. The molecular formula is C12H20O2S. The maximum absolute atomic E-state index is 11.3. The van der Waals surface area contributed by atoms with Gasteiger partial charge >= 0.3 is 0 Å². The highest BCUT2D eigenvalue weighted by Gasteiger charge is 2.05. The van der Waals surface area contributed by atoms with Crippen LogP contribution in [0.4, 0.5) is 0 Å². The molecule has 0 aliphatic heterocycles. The van der Waals surface area contributed by atoms with E-state index in [0.29, 0.717) is 4.91 Å². The molecule has 0 unspecified atom stereocenters. The Morgan fingerprint density at radius 3 is 2.27 bits per heavy atom. The molecule has 0 fully saturated rings. The number of hydrogen-bond donors (Lipinski definition) is 0. The quantitative estimate of drug-likeness (QED) is 0.677. The van der Waals surface area contributed by atoms with Crippen molar-refractivity contribution in [2.75, 3.05) is 6.26 Å². The zero-order valence-electron chi connectivity index (χ0n) is 9.95. The van der Waals surface area contributed by atoms with Crippen molar-refractivity contribution >= 4 is 9.84 Å². The van der Waals surface area contributed by atoms with E-state index in [1.54, 1.807) is 19.1 Å². The zero-order chi connectivity index (χ0) is 11.9. The number of rotatable bonds is 5. The molecule has 0 saturated carbocycles. The van der Waals surface area contributed by atoms with Crippen LogP contribution in [-0.2, 0) is 9.84 Å². The first kappa shape index (κ1) is 14.2. The van der Waals surface area contributed by atoms with Crippen molar-refractivity contribution in [2.45, 2.75) is 33.6 Å². The zero-order valence-corrected chi connectivity index (χ0v) is 10.8. The molecule has 15 heavy (non-hydrogen) atoms. The van der Waals surface area contributed by atoms with Crippen molar-refractivity contribution in [3.63, 3.8) is 0 Å². The monoisotopic (exact) mass is 228 g/mol. The minimum atomic E-state index is -3.08. The van der Waals surface area contributed by atoms with E-state index in [1.807, 2.05) is 13.0 Å². The first-order valence-electron chi connectivity index (χ1n) is 5.13. The topological polar surface area (TPSA) is 34.1 Å². The van der Waals surface area contributed by atoms with Crippen molar-refractivity contribution in [3.8, 4) is 0 Å². The van der Waals surface area contributed by atoms with Crippen molar-refractivity contribution in [1.82, 2.24) is 0 Å². The molecule has 0 spiro atoms. The molecule has 0 bridgehead atoms. The Kier molecular flexibility index (Phi) is 6.25. The molecule has 0 rings (SSSR count). The molecule has 0 saturated heterocycles.